The minimum atomic E-state index is -1.29. The summed E-state index contributed by atoms with van der Waals surface area (Å²) in [4.78, 5) is 48.2. The van der Waals surface area contributed by atoms with E-state index in [1.807, 2.05) is 0 Å². The van der Waals surface area contributed by atoms with Gasteiger partial charge in [-0.15, -0.1) is 0 Å². The quantitative estimate of drug-likeness (QED) is 0.361. The molecule has 0 bridgehead atoms. The van der Waals surface area contributed by atoms with Crippen molar-refractivity contribution in [3.05, 3.63) is 63.2 Å². The maximum absolute atomic E-state index is 12.7. The number of esters is 1. The molecule has 31 heavy (non-hydrogen) atoms. The zero-order valence-electron chi connectivity index (χ0n) is 16.3. The summed E-state index contributed by atoms with van der Waals surface area (Å²) in [6.07, 6.45) is 0.421. The molecular weight excluding hydrogens is 446 g/mol. The van der Waals surface area contributed by atoms with Crippen molar-refractivity contribution >= 4 is 47.0 Å². The van der Waals surface area contributed by atoms with Crippen LogP contribution in [0, 0.1) is 10.1 Å². The number of benzene rings is 2. The van der Waals surface area contributed by atoms with Gasteiger partial charge in [0.15, 0.2) is 6.10 Å². The Morgan fingerprint density at radius 2 is 1.87 bits per heavy atom. The normalized spacial score (nSPS) is 13.7. The zero-order valence-corrected chi connectivity index (χ0v) is 17.9. The number of nitro groups is 1. The molecule has 162 valence electrons. The van der Waals surface area contributed by atoms with Gasteiger partial charge in [-0.25, -0.2) is 9.59 Å². The van der Waals surface area contributed by atoms with Crippen LogP contribution in [0.5, 0.6) is 0 Å². The van der Waals surface area contributed by atoms with Gasteiger partial charge in [-0.3, -0.25) is 20.2 Å². The van der Waals surface area contributed by atoms with Crippen LogP contribution in [-0.4, -0.2) is 35.0 Å². The fourth-order valence-corrected chi connectivity index (χ4v) is 3.49. The summed E-state index contributed by atoms with van der Waals surface area (Å²) in [5, 5.41) is 16.4. The number of carbonyl (C=O) groups is 3. The van der Waals surface area contributed by atoms with Crippen molar-refractivity contribution in [2.75, 3.05) is 0 Å². The summed E-state index contributed by atoms with van der Waals surface area (Å²) < 4.78 is 5.16. The molecule has 2 aromatic carbocycles. The number of ether oxygens (including phenoxy) is 1. The van der Waals surface area contributed by atoms with E-state index in [0.717, 1.165) is 23.8 Å². The molecule has 3 rings (SSSR count). The van der Waals surface area contributed by atoms with Crippen LogP contribution in [0.2, 0.25) is 5.02 Å². The third-order valence-corrected chi connectivity index (χ3v) is 5.57. The van der Waals surface area contributed by atoms with Crippen LogP contribution in [0.3, 0.4) is 0 Å². The Bertz CT molecular complexity index is 1030. The summed E-state index contributed by atoms with van der Waals surface area (Å²) in [6, 6.07) is 10.0. The highest BCUT2D eigenvalue weighted by atomic mass is 35.5. The lowest BCUT2D eigenvalue weighted by atomic mass is 10.2. The largest absolute Gasteiger partial charge is 0.449 e. The second kappa shape index (κ2) is 9.80. The van der Waals surface area contributed by atoms with Gasteiger partial charge < -0.3 is 10.1 Å². The number of nitrogens with one attached hydrogen (secondary N) is 2. The van der Waals surface area contributed by atoms with Gasteiger partial charge in [-0.2, -0.15) is 0 Å². The third-order valence-electron chi connectivity index (χ3n) is 4.24. The van der Waals surface area contributed by atoms with Gasteiger partial charge in [0.05, 0.1) is 10.5 Å². The van der Waals surface area contributed by atoms with Gasteiger partial charge in [0, 0.05) is 33.0 Å². The predicted octanol–water partition coefficient (Wildman–Crippen LogP) is 3.93. The average molecular weight is 464 g/mol. The number of nitro benzene ring substituents is 1. The summed E-state index contributed by atoms with van der Waals surface area (Å²) in [7, 11) is 0. The molecule has 2 N–H and O–H groups in total. The first kappa shape index (κ1) is 22.6. The first-order chi connectivity index (χ1) is 14.7. The number of hydrogen-bond acceptors (Lipinski definition) is 7. The molecule has 0 heterocycles. The van der Waals surface area contributed by atoms with Crippen molar-refractivity contribution in [2.24, 2.45) is 0 Å². The minimum Gasteiger partial charge on any atom is -0.449 e. The molecule has 1 fully saturated rings. The number of nitrogens with zero attached hydrogens (tertiary/aromatic N) is 1. The van der Waals surface area contributed by atoms with Gasteiger partial charge in [-0.1, -0.05) is 23.4 Å². The number of urea groups is 1. The highest BCUT2D eigenvalue weighted by molar-refractivity contribution is 7.99. The molecule has 3 amide bonds. The van der Waals surface area contributed by atoms with Gasteiger partial charge >= 0.3 is 12.0 Å². The molecule has 0 aliphatic heterocycles. The van der Waals surface area contributed by atoms with Crippen LogP contribution in [0.1, 0.15) is 30.1 Å². The molecule has 1 aliphatic rings. The van der Waals surface area contributed by atoms with E-state index in [9.17, 15) is 24.5 Å². The zero-order chi connectivity index (χ0) is 22.5. The fraction of sp³-hybridized carbons (Fsp3) is 0.250. The SMILES string of the molecule is CC(OC(=O)c1cc([N+](=O)[O-])ccc1Sc1ccc(Cl)cc1)C(=O)NC(=O)NC1CC1. The Hall–Kier alpha value is -3.11. The average Bonchev–Trinajstić information content (AvgIpc) is 3.53. The van der Waals surface area contributed by atoms with Crippen LogP contribution in [0.25, 0.3) is 0 Å². The first-order valence-electron chi connectivity index (χ1n) is 9.27. The molecule has 11 heteroatoms. The fourth-order valence-electron chi connectivity index (χ4n) is 2.45. The van der Waals surface area contributed by atoms with E-state index in [1.165, 1.54) is 30.8 Å². The predicted molar refractivity (Wildman–Crippen MR) is 113 cm³/mol. The Morgan fingerprint density at radius 1 is 1.19 bits per heavy atom. The monoisotopic (exact) mass is 463 g/mol. The van der Waals surface area contributed by atoms with E-state index in [1.54, 1.807) is 24.3 Å². The lowest BCUT2D eigenvalue weighted by Gasteiger charge is -2.15. The van der Waals surface area contributed by atoms with Gasteiger partial charge in [0.1, 0.15) is 0 Å². The number of amides is 3. The minimum absolute atomic E-state index is 0.0583. The Labute approximate surface area is 186 Å². The van der Waals surface area contributed by atoms with E-state index < -0.39 is 28.9 Å². The number of hydrogen-bond donors (Lipinski definition) is 2. The number of non-ortho nitro benzene ring substituents is 1. The number of carbonyl (C=O) groups excluding carboxylic acids is 3. The van der Waals surface area contributed by atoms with Crippen LogP contribution in [0.15, 0.2) is 52.3 Å². The number of rotatable bonds is 7. The van der Waals surface area contributed by atoms with E-state index >= 15 is 0 Å². The molecule has 0 radical (unpaired) electrons. The van der Waals surface area contributed by atoms with E-state index in [4.69, 9.17) is 16.3 Å². The van der Waals surface area contributed by atoms with Crippen molar-refractivity contribution in [1.82, 2.24) is 10.6 Å². The van der Waals surface area contributed by atoms with Crippen molar-refractivity contribution < 1.29 is 24.0 Å². The van der Waals surface area contributed by atoms with Gasteiger partial charge in [-0.05, 0) is 50.1 Å². The Morgan fingerprint density at radius 3 is 2.48 bits per heavy atom. The maximum atomic E-state index is 12.7. The highest BCUT2D eigenvalue weighted by Crippen LogP contribution is 2.33. The standard InChI is InChI=1S/C20H18ClN3O6S/c1-11(18(25)23-20(27)22-13-4-5-13)30-19(26)16-10-14(24(28)29)6-9-17(16)31-15-7-2-12(21)3-8-15/h2-3,6-11,13H,4-5H2,1H3,(H2,22,23,25,27). The molecule has 1 saturated carbocycles. The number of imide groups is 1. The van der Waals surface area contributed by atoms with Crippen LogP contribution in [0.4, 0.5) is 10.5 Å². The second-order valence-corrected chi connectivity index (χ2v) is 8.33. The molecule has 0 aromatic heterocycles. The van der Waals surface area contributed by atoms with Crippen molar-refractivity contribution in [2.45, 2.75) is 41.7 Å². The molecule has 2 aromatic rings. The summed E-state index contributed by atoms with van der Waals surface area (Å²) in [5.41, 5.74) is -0.371. The summed E-state index contributed by atoms with van der Waals surface area (Å²) >= 11 is 7.07. The first-order valence-corrected chi connectivity index (χ1v) is 10.5. The van der Waals surface area contributed by atoms with Crippen molar-refractivity contribution in [1.29, 1.82) is 0 Å². The Balaban J connectivity index is 1.74. The molecule has 0 saturated heterocycles. The maximum Gasteiger partial charge on any atom is 0.340 e. The highest BCUT2D eigenvalue weighted by Gasteiger charge is 2.27. The molecule has 1 unspecified atom stereocenters. The molecular formula is C20H18ClN3O6S. The lowest BCUT2D eigenvalue weighted by Crippen LogP contribution is -2.45. The van der Waals surface area contributed by atoms with E-state index in [2.05, 4.69) is 10.6 Å². The van der Waals surface area contributed by atoms with Gasteiger partial charge in [0.25, 0.3) is 11.6 Å². The van der Waals surface area contributed by atoms with Gasteiger partial charge in [0.2, 0.25) is 0 Å². The Kier molecular flexibility index (Phi) is 7.13. The number of halogens is 1. The van der Waals surface area contributed by atoms with Crippen molar-refractivity contribution in [3.8, 4) is 0 Å². The van der Waals surface area contributed by atoms with Crippen LogP contribution >= 0.6 is 23.4 Å². The molecule has 1 aliphatic carbocycles. The molecule has 9 nitrogen and oxygen atoms in total. The smallest absolute Gasteiger partial charge is 0.340 e. The third kappa shape index (κ3) is 6.43. The summed E-state index contributed by atoms with van der Waals surface area (Å²) in [6.45, 7) is 1.31. The van der Waals surface area contributed by atoms with Crippen LogP contribution < -0.4 is 10.6 Å². The molecule has 0 spiro atoms. The molecule has 1 atom stereocenters. The topological polar surface area (TPSA) is 128 Å². The summed E-state index contributed by atoms with van der Waals surface area (Å²) in [5.74, 6) is -1.73. The van der Waals surface area contributed by atoms with Crippen molar-refractivity contribution in [3.63, 3.8) is 0 Å². The van der Waals surface area contributed by atoms with E-state index in [-0.39, 0.29) is 17.3 Å². The second-order valence-electron chi connectivity index (χ2n) is 6.78. The lowest BCUT2D eigenvalue weighted by molar-refractivity contribution is -0.384. The van der Waals surface area contributed by atoms with E-state index in [0.29, 0.717) is 9.92 Å². The van der Waals surface area contributed by atoms with Crippen LogP contribution in [-0.2, 0) is 9.53 Å².